The number of carbonyl (C=O) groups excluding carboxylic acids is 4. The number of carbonyl (C=O) groups is 4. The summed E-state index contributed by atoms with van der Waals surface area (Å²) >= 11 is 0. The van der Waals surface area contributed by atoms with E-state index in [1.165, 1.54) is 6.92 Å². The topological polar surface area (TPSA) is 155 Å². The van der Waals surface area contributed by atoms with Crippen molar-refractivity contribution in [3.63, 3.8) is 0 Å². The van der Waals surface area contributed by atoms with E-state index >= 15 is 0 Å². The van der Waals surface area contributed by atoms with Crippen LogP contribution in [0.15, 0.2) is 30.5 Å². The second kappa shape index (κ2) is 11.6. The summed E-state index contributed by atoms with van der Waals surface area (Å²) in [5.74, 6) is -2.10. The van der Waals surface area contributed by atoms with Gasteiger partial charge in [0.1, 0.15) is 12.1 Å². The maximum atomic E-state index is 13.0. The number of rotatable bonds is 11. The van der Waals surface area contributed by atoms with Crippen molar-refractivity contribution in [1.82, 2.24) is 15.6 Å². The molecule has 2 rings (SSSR count). The molecule has 0 spiro atoms. The second-order valence-corrected chi connectivity index (χ2v) is 7.63. The SMILES string of the molecule is CC(=O)N[C@@H](Cc1c[nH]c2ccccc12)C(=O)N[C@@H](CCC(=O)C=[N+]=N)C(=O)OC(C)C. The minimum absolute atomic E-state index is 0.0258. The molecule has 10 heteroatoms. The maximum Gasteiger partial charge on any atom is 0.372 e. The number of nitrogens with one attached hydrogen (secondary N) is 4. The van der Waals surface area contributed by atoms with E-state index in [0.717, 1.165) is 22.7 Å². The van der Waals surface area contributed by atoms with Gasteiger partial charge in [0, 0.05) is 36.9 Å². The monoisotopic (exact) mass is 442 g/mol. The molecule has 2 amide bonds. The van der Waals surface area contributed by atoms with E-state index in [4.69, 9.17) is 10.3 Å². The molecule has 10 nitrogen and oxygen atoms in total. The Kier molecular flexibility index (Phi) is 8.85. The van der Waals surface area contributed by atoms with Crippen LogP contribution in [0.5, 0.6) is 0 Å². The lowest BCUT2D eigenvalue weighted by Gasteiger charge is -2.23. The Morgan fingerprint density at radius 1 is 1.16 bits per heavy atom. The molecule has 0 aliphatic heterocycles. The summed E-state index contributed by atoms with van der Waals surface area (Å²) in [6, 6.07) is 5.55. The van der Waals surface area contributed by atoms with Gasteiger partial charge in [-0.2, -0.15) is 0 Å². The van der Waals surface area contributed by atoms with E-state index in [1.54, 1.807) is 20.0 Å². The Bertz CT molecular complexity index is 1040. The van der Waals surface area contributed by atoms with E-state index < -0.39 is 41.8 Å². The number of aromatic nitrogens is 1. The number of benzene rings is 1. The van der Waals surface area contributed by atoms with E-state index in [1.807, 2.05) is 24.3 Å². The van der Waals surface area contributed by atoms with Crippen molar-refractivity contribution in [2.75, 3.05) is 0 Å². The third kappa shape index (κ3) is 7.17. The van der Waals surface area contributed by atoms with Crippen molar-refractivity contribution in [2.24, 2.45) is 0 Å². The molecule has 0 bridgehead atoms. The van der Waals surface area contributed by atoms with E-state index in [-0.39, 0.29) is 19.3 Å². The average Bonchev–Trinajstić information content (AvgIpc) is 3.12. The first-order valence-electron chi connectivity index (χ1n) is 10.3. The standard InChI is InChI=1S/C22H27N5O5/c1-13(2)32-22(31)19(9-8-16(29)12-25-23)27-21(30)20(26-14(3)28)10-15-11-24-18-7-5-4-6-17(15)18/h4-7,11-13,19-20,23-24H,8-10H2,1-3H3,(H-,26,27,28,30)/p+1/t19-,20-/m0/s1. The highest BCUT2D eigenvalue weighted by Crippen LogP contribution is 2.19. The minimum Gasteiger partial charge on any atom is -0.461 e. The molecule has 32 heavy (non-hydrogen) atoms. The molecule has 1 heterocycles. The Balaban J connectivity index is 2.20. The van der Waals surface area contributed by atoms with Gasteiger partial charge in [0.25, 0.3) is 0 Å². The summed E-state index contributed by atoms with van der Waals surface area (Å²) in [5.41, 5.74) is 8.46. The van der Waals surface area contributed by atoms with Gasteiger partial charge < -0.3 is 20.4 Å². The predicted molar refractivity (Wildman–Crippen MR) is 116 cm³/mol. The zero-order valence-corrected chi connectivity index (χ0v) is 18.3. The van der Waals surface area contributed by atoms with Crippen molar-refractivity contribution < 1.29 is 28.7 Å². The number of fused-ring (bicyclic) bond motifs is 1. The zero-order valence-electron chi connectivity index (χ0n) is 18.3. The van der Waals surface area contributed by atoms with Crippen molar-refractivity contribution in [3.8, 4) is 0 Å². The molecule has 170 valence electrons. The molecule has 0 unspecified atom stereocenters. The summed E-state index contributed by atoms with van der Waals surface area (Å²) < 4.78 is 5.20. The zero-order chi connectivity index (χ0) is 23.7. The predicted octanol–water partition coefficient (Wildman–Crippen LogP) is 1.31. The summed E-state index contributed by atoms with van der Waals surface area (Å²) in [5, 5.41) is 6.15. The van der Waals surface area contributed by atoms with Crippen molar-refractivity contribution in [3.05, 3.63) is 36.0 Å². The average molecular weight is 442 g/mol. The minimum atomic E-state index is -1.09. The molecular formula is C22H28N5O5+. The highest BCUT2D eigenvalue weighted by Gasteiger charge is 2.29. The van der Waals surface area contributed by atoms with Gasteiger partial charge >= 0.3 is 12.2 Å². The lowest BCUT2D eigenvalue weighted by atomic mass is 10.0. The fraction of sp³-hybridized carbons (Fsp3) is 0.409. The number of hydrogen-bond acceptors (Lipinski definition) is 6. The molecule has 4 N–H and O–H groups in total. The van der Waals surface area contributed by atoms with Crippen LogP contribution >= 0.6 is 0 Å². The third-order valence-corrected chi connectivity index (χ3v) is 4.63. The van der Waals surface area contributed by atoms with Crippen molar-refractivity contribution >= 4 is 40.7 Å². The number of nitrogens with zero attached hydrogens (tertiary/aromatic N) is 1. The number of ketones is 1. The van der Waals surface area contributed by atoms with Crippen molar-refractivity contribution in [2.45, 2.75) is 58.2 Å². The number of H-pyrrole nitrogens is 1. The lowest BCUT2D eigenvalue weighted by Crippen LogP contribution is -2.52. The van der Waals surface area contributed by atoms with Crippen LogP contribution < -0.4 is 10.6 Å². The first kappa shape index (κ1) is 24.5. The Labute approximate surface area is 185 Å². The first-order chi connectivity index (χ1) is 15.2. The molecular weight excluding hydrogens is 414 g/mol. The van der Waals surface area contributed by atoms with Crippen LogP contribution in [-0.2, 0) is 30.3 Å². The van der Waals surface area contributed by atoms with Gasteiger partial charge in [-0.05, 0) is 31.9 Å². The molecule has 2 atom stereocenters. The van der Waals surface area contributed by atoms with Gasteiger partial charge in [-0.15, -0.1) is 0 Å². The number of esters is 1. The smallest absolute Gasteiger partial charge is 0.372 e. The van der Waals surface area contributed by atoms with Gasteiger partial charge in [0.05, 0.1) is 16.4 Å². The largest absolute Gasteiger partial charge is 0.461 e. The van der Waals surface area contributed by atoms with Gasteiger partial charge in [-0.1, -0.05) is 18.2 Å². The first-order valence-corrected chi connectivity index (χ1v) is 10.3. The highest BCUT2D eigenvalue weighted by atomic mass is 16.5. The van der Waals surface area contributed by atoms with Crippen LogP contribution in [0.2, 0.25) is 0 Å². The third-order valence-electron chi connectivity index (χ3n) is 4.63. The molecule has 0 radical (unpaired) electrons. The van der Waals surface area contributed by atoms with E-state index in [9.17, 15) is 19.2 Å². The van der Waals surface area contributed by atoms with E-state index in [0.29, 0.717) is 0 Å². The molecule has 1 aromatic heterocycles. The highest BCUT2D eigenvalue weighted by molar-refractivity contribution is 6.25. The molecule has 0 saturated heterocycles. The summed E-state index contributed by atoms with van der Waals surface area (Å²) in [6.45, 7) is 4.65. The van der Waals surface area contributed by atoms with Gasteiger partial charge in [0.15, 0.2) is 0 Å². The summed E-state index contributed by atoms with van der Waals surface area (Å²) in [7, 11) is 0. The number of aromatic amines is 1. The Hall–Kier alpha value is -3.78. The number of ether oxygens (including phenoxy) is 1. The second-order valence-electron chi connectivity index (χ2n) is 7.63. The van der Waals surface area contributed by atoms with Crippen LogP contribution in [0.1, 0.15) is 39.2 Å². The van der Waals surface area contributed by atoms with Gasteiger partial charge in [-0.3, -0.25) is 14.4 Å². The molecule has 0 fully saturated rings. The summed E-state index contributed by atoms with van der Waals surface area (Å²) in [6.07, 6.45) is 2.27. The van der Waals surface area contributed by atoms with Crippen molar-refractivity contribution in [1.29, 1.82) is 5.53 Å². The van der Waals surface area contributed by atoms with Gasteiger partial charge in [0.2, 0.25) is 17.6 Å². The molecule has 0 aliphatic rings. The summed E-state index contributed by atoms with van der Waals surface area (Å²) in [4.78, 5) is 55.0. The maximum absolute atomic E-state index is 13.0. The normalized spacial score (nSPS) is 12.5. The number of hydrogen-bond donors (Lipinski definition) is 4. The number of amides is 2. The molecule has 1 aromatic carbocycles. The number of para-hydroxylation sites is 1. The van der Waals surface area contributed by atoms with Gasteiger partial charge in [-0.25, -0.2) is 4.79 Å². The van der Waals surface area contributed by atoms with E-state index in [2.05, 4.69) is 20.4 Å². The molecule has 0 saturated carbocycles. The Morgan fingerprint density at radius 2 is 1.88 bits per heavy atom. The molecule has 0 aliphatic carbocycles. The quantitative estimate of drug-likeness (QED) is 0.179. The molecule has 2 aromatic rings. The van der Waals surface area contributed by atoms with Crippen LogP contribution in [0.4, 0.5) is 0 Å². The van der Waals surface area contributed by atoms with Crippen LogP contribution in [-0.4, -0.2) is 57.7 Å². The lowest BCUT2D eigenvalue weighted by molar-refractivity contribution is -0.152. The fourth-order valence-corrected chi connectivity index (χ4v) is 3.23. The fourth-order valence-electron chi connectivity index (χ4n) is 3.23. The van der Waals surface area contributed by atoms with Crippen LogP contribution in [0.25, 0.3) is 10.9 Å². The van der Waals surface area contributed by atoms with Crippen LogP contribution in [0, 0.1) is 5.53 Å². The number of Topliss-reactive ketones (excluding diaryl/α,β-unsaturated/α-hetero) is 1. The van der Waals surface area contributed by atoms with Crippen LogP contribution in [0.3, 0.4) is 0 Å². The Morgan fingerprint density at radius 3 is 2.53 bits per heavy atom.